The number of anilines is 1. The Kier molecular flexibility index (Phi) is 3.90. The molecule has 0 aromatic carbocycles. The molecule has 2 bridgehead atoms. The summed E-state index contributed by atoms with van der Waals surface area (Å²) in [6.07, 6.45) is 6.87. The zero-order chi connectivity index (χ0) is 16.7. The van der Waals surface area contributed by atoms with Gasteiger partial charge in [-0.1, -0.05) is 6.42 Å². The summed E-state index contributed by atoms with van der Waals surface area (Å²) in [7, 11) is 0. The summed E-state index contributed by atoms with van der Waals surface area (Å²) in [4.78, 5) is 33.5. The van der Waals surface area contributed by atoms with Gasteiger partial charge in [0.15, 0.2) is 0 Å². The van der Waals surface area contributed by atoms with Crippen LogP contribution in [0.3, 0.4) is 0 Å². The molecule has 0 unspecified atom stereocenters. The number of hydrogen-bond donors (Lipinski definition) is 1. The van der Waals surface area contributed by atoms with E-state index in [-0.39, 0.29) is 17.9 Å². The zero-order valence-corrected chi connectivity index (χ0v) is 13.9. The Morgan fingerprint density at radius 3 is 2.58 bits per heavy atom. The van der Waals surface area contributed by atoms with E-state index in [0.717, 1.165) is 38.8 Å². The summed E-state index contributed by atoms with van der Waals surface area (Å²) in [5.74, 6) is 1.35. The molecule has 6 nitrogen and oxygen atoms in total. The Morgan fingerprint density at radius 2 is 1.92 bits per heavy atom. The Bertz CT molecular complexity index is 641. The van der Waals surface area contributed by atoms with Gasteiger partial charge in [-0.3, -0.25) is 9.59 Å². The quantitative estimate of drug-likeness (QED) is 0.893. The van der Waals surface area contributed by atoms with Crippen molar-refractivity contribution in [3.63, 3.8) is 0 Å². The maximum atomic E-state index is 12.9. The first-order valence-electron chi connectivity index (χ1n) is 8.93. The highest BCUT2D eigenvalue weighted by Gasteiger charge is 2.40. The molecule has 2 amide bonds. The van der Waals surface area contributed by atoms with Crippen LogP contribution in [0.5, 0.6) is 0 Å². The van der Waals surface area contributed by atoms with Crippen molar-refractivity contribution in [1.29, 1.82) is 0 Å². The number of pyridine rings is 1. The lowest BCUT2D eigenvalue weighted by molar-refractivity contribution is -0.138. The Labute approximate surface area is 142 Å². The molecule has 1 aromatic heterocycles. The number of hydrogen-bond acceptors (Lipinski definition) is 4. The first-order valence-corrected chi connectivity index (χ1v) is 8.93. The standard InChI is InChI=1S/C18H24N4O2/c19-16-7-5-14(8-20-16)18(24)22-10-12-4-6-15(22)11-21(9-12)17(23)13-2-1-3-13/h5,7-8,12-13,15H,1-4,6,9-11H2,(H2,19,20)/t12-,15+/m0/s1. The number of fused-ring (bicyclic) bond motifs is 4. The lowest BCUT2D eigenvalue weighted by Gasteiger charge is -2.36. The van der Waals surface area contributed by atoms with Crippen molar-refractivity contribution in [3.05, 3.63) is 23.9 Å². The average Bonchev–Trinajstić information content (AvgIpc) is 2.85. The third kappa shape index (κ3) is 2.74. The molecule has 1 aromatic rings. The predicted molar refractivity (Wildman–Crippen MR) is 90.1 cm³/mol. The molecule has 4 heterocycles. The van der Waals surface area contributed by atoms with Crippen molar-refractivity contribution >= 4 is 17.6 Å². The van der Waals surface area contributed by atoms with E-state index in [1.54, 1.807) is 18.3 Å². The largest absolute Gasteiger partial charge is 0.384 e. The summed E-state index contributed by atoms with van der Waals surface area (Å²) in [5, 5.41) is 0. The highest BCUT2D eigenvalue weighted by molar-refractivity contribution is 5.94. The molecule has 0 spiro atoms. The second-order valence-electron chi connectivity index (χ2n) is 7.40. The van der Waals surface area contributed by atoms with Crippen molar-refractivity contribution in [2.45, 2.75) is 38.1 Å². The SMILES string of the molecule is Nc1ccc(C(=O)N2C[C@H]3CC[C@@H]2CN(C(=O)C2CCC2)C3)cn1. The lowest BCUT2D eigenvalue weighted by atomic mass is 9.84. The molecule has 5 rings (SSSR count). The molecule has 1 saturated carbocycles. The van der Waals surface area contributed by atoms with Crippen LogP contribution >= 0.6 is 0 Å². The molecular weight excluding hydrogens is 304 g/mol. The van der Waals surface area contributed by atoms with Crippen LogP contribution in [0.1, 0.15) is 42.5 Å². The molecule has 4 aliphatic rings. The number of rotatable bonds is 2. The van der Waals surface area contributed by atoms with E-state index in [4.69, 9.17) is 5.73 Å². The first kappa shape index (κ1) is 15.4. The van der Waals surface area contributed by atoms with Crippen molar-refractivity contribution < 1.29 is 9.59 Å². The second-order valence-corrected chi connectivity index (χ2v) is 7.40. The van der Waals surface area contributed by atoms with E-state index in [1.807, 2.05) is 9.80 Å². The first-order chi connectivity index (χ1) is 11.6. The molecule has 2 N–H and O–H groups in total. The molecule has 3 aliphatic heterocycles. The number of aromatic nitrogens is 1. The fraction of sp³-hybridized carbons (Fsp3) is 0.611. The van der Waals surface area contributed by atoms with Gasteiger partial charge in [0.25, 0.3) is 5.91 Å². The Balaban J connectivity index is 1.51. The van der Waals surface area contributed by atoms with Crippen molar-refractivity contribution in [2.24, 2.45) is 11.8 Å². The predicted octanol–water partition coefficient (Wildman–Crippen LogP) is 1.53. The van der Waals surface area contributed by atoms with E-state index in [0.29, 0.717) is 29.8 Å². The zero-order valence-electron chi connectivity index (χ0n) is 13.9. The fourth-order valence-corrected chi connectivity index (χ4v) is 4.12. The number of nitrogen functional groups attached to an aromatic ring is 1. The van der Waals surface area contributed by atoms with Gasteiger partial charge in [-0.15, -0.1) is 0 Å². The summed E-state index contributed by atoms with van der Waals surface area (Å²) < 4.78 is 0. The summed E-state index contributed by atoms with van der Waals surface area (Å²) in [5.41, 5.74) is 6.19. The topological polar surface area (TPSA) is 79.5 Å². The molecule has 4 fully saturated rings. The van der Waals surface area contributed by atoms with Gasteiger partial charge in [0.05, 0.1) is 5.56 Å². The van der Waals surface area contributed by atoms with E-state index >= 15 is 0 Å². The van der Waals surface area contributed by atoms with Gasteiger partial charge >= 0.3 is 0 Å². The second kappa shape index (κ2) is 6.07. The van der Waals surface area contributed by atoms with Gasteiger partial charge in [0.1, 0.15) is 5.82 Å². The molecular formula is C18H24N4O2. The number of nitrogens with two attached hydrogens (primary N) is 1. The summed E-state index contributed by atoms with van der Waals surface area (Å²) >= 11 is 0. The number of carbonyl (C=O) groups excluding carboxylic acids is 2. The van der Waals surface area contributed by atoms with Crippen LogP contribution in [-0.4, -0.2) is 52.3 Å². The van der Waals surface area contributed by atoms with Gasteiger partial charge < -0.3 is 15.5 Å². The van der Waals surface area contributed by atoms with Crippen LogP contribution in [0.2, 0.25) is 0 Å². The molecule has 128 valence electrons. The van der Waals surface area contributed by atoms with Gasteiger partial charge in [-0.25, -0.2) is 4.98 Å². The van der Waals surface area contributed by atoms with Gasteiger partial charge in [0.2, 0.25) is 5.91 Å². The molecule has 6 heteroatoms. The van der Waals surface area contributed by atoms with Crippen LogP contribution < -0.4 is 5.73 Å². The molecule has 0 radical (unpaired) electrons. The average molecular weight is 328 g/mol. The van der Waals surface area contributed by atoms with Gasteiger partial charge in [-0.05, 0) is 43.7 Å². The Hall–Kier alpha value is -2.11. The maximum Gasteiger partial charge on any atom is 0.255 e. The Morgan fingerprint density at radius 1 is 1.08 bits per heavy atom. The van der Waals surface area contributed by atoms with Crippen LogP contribution in [0, 0.1) is 11.8 Å². The number of piperidine rings is 1. The van der Waals surface area contributed by atoms with Crippen molar-refractivity contribution in [1.82, 2.24) is 14.8 Å². The van der Waals surface area contributed by atoms with Crippen molar-refractivity contribution in [3.8, 4) is 0 Å². The third-order valence-corrected chi connectivity index (χ3v) is 5.77. The number of amides is 2. The molecule has 24 heavy (non-hydrogen) atoms. The highest BCUT2D eigenvalue weighted by Crippen LogP contribution is 2.33. The van der Waals surface area contributed by atoms with Crippen LogP contribution in [0.25, 0.3) is 0 Å². The van der Waals surface area contributed by atoms with Crippen LogP contribution in [0.15, 0.2) is 18.3 Å². The fourth-order valence-electron chi connectivity index (χ4n) is 4.12. The van der Waals surface area contributed by atoms with Crippen LogP contribution in [-0.2, 0) is 4.79 Å². The van der Waals surface area contributed by atoms with E-state index < -0.39 is 0 Å². The highest BCUT2D eigenvalue weighted by atomic mass is 16.2. The summed E-state index contributed by atoms with van der Waals surface area (Å²) in [6.45, 7) is 2.22. The normalized spacial score (nSPS) is 26.8. The minimum absolute atomic E-state index is 0.00939. The van der Waals surface area contributed by atoms with E-state index in [1.165, 1.54) is 6.42 Å². The molecule has 1 aliphatic carbocycles. The number of nitrogens with zero attached hydrogens (tertiary/aromatic N) is 3. The van der Waals surface area contributed by atoms with Crippen LogP contribution in [0.4, 0.5) is 5.82 Å². The number of carbonyl (C=O) groups is 2. The monoisotopic (exact) mass is 328 g/mol. The van der Waals surface area contributed by atoms with Gasteiger partial charge in [-0.2, -0.15) is 0 Å². The minimum atomic E-state index is 0.00939. The minimum Gasteiger partial charge on any atom is -0.384 e. The third-order valence-electron chi connectivity index (χ3n) is 5.77. The summed E-state index contributed by atoms with van der Waals surface area (Å²) in [6, 6.07) is 3.52. The molecule has 3 saturated heterocycles. The van der Waals surface area contributed by atoms with E-state index in [9.17, 15) is 9.59 Å². The van der Waals surface area contributed by atoms with E-state index in [2.05, 4.69) is 4.98 Å². The van der Waals surface area contributed by atoms with Crippen molar-refractivity contribution in [2.75, 3.05) is 25.4 Å². The maximum absolute atomic E-state index is 12.9. The smallest absolute Gasteiger partial charge is 0.255 e. The lowest BCUT2D eigenvalue weighted by Crippen LogP contribution is -2.48. The van der Waals surface area contributed by atoms with Gasteiger partial charge in [0, 0.05) is 37.8 Å². The molecule has 2 atom stereocenters.